The number of nitro benzene ring substituents is 1. The summed E-state index contributed by atoms with van der Waals surface area (Å²) in [5.74, 6) is 6.36. The average molecular weight is 409 g/mol. The van der Waals surface area contributed by atoms with Crippen LogP contribution in [0.25, 0.3) is 11.6 Å². The SMILES string of the molecule is CC(Sc1nnc(-c2ccco2)n1N)C(=O)Nc1ccc([N+](=O)[O-])cc1Cl. The van der Waals surface area contributed by atoms with Crippen LogP contribution in [0.1, 0.15) is 6.92 Å². The molecule has 27 heavy (non-hydrogen) atoms. The number of anilines is 1. The summed E-state index contributed by atoms with van der Waals surface area (Å²) >= 11 is 7.07. The van der Waals surface area contributed by atoms with Crippen LogP contribution in [0.5, 0.6) is 0 Å². The third kappa shape index (κ3) is 4.04. The predicted molar refractivity (Wildman–Crippen MR) is 99.9 cm³/mol. The number of aromatic nitrogens is 3. The summed E-state index contributed by atoms with van der Waals surface area (Å²) in [6.45, 7) is 1.65. The van der Waals surface area contributed by atoms with Gasteiger partial charge in [0.15, 0.2) is 5.76 Å². The molecule has 1 atom stereocenters. The number of nitrogens with zero attached hydrogens (tertiary/aromatic N) is 4. The molecule has 3 aromatic rings. The lowest BCUT2D eigenvalue weighted by molar-refractivity contribution is -0.384. The molecule has 0 aliphatic carbocycles. The number of rotatable bonds is 6. The van der Waals surface area contributed by atoms with Crippen LogP contribution in [0.3, 0.4) is 0 Å². The van der Waals surface area contributed by atoms with Crippen molar-refractivity contribution in [2.75, 3.05) is 11.2 Å². The van der Waals surface area contributed by atoms with Gasteiger partial charge in [-0.1, -0.05) is 23.4 Å². The molecule has 1 aromatic carbocycles. The number of carbonyl (C=O) groups is 1. The molecular formula is C15H13ClN6O4S. The summed E-state index contributed by atoms with van der Waals surface area (Å²) in [5, 5.41) is 21.1. The number of nitrogens with two attached hydrogens (primary N) is 1. The summed E-state index contributed by atoms with van der Waals surface area (Å²) in [4.78, 5) is 22.6. The Kier molecular flexibility index (Phi) is 5.33. The van der Waals surface area contributed by atoms with Crippen molar-refractivity contribution in [2.45, 2.75) is 17.3 Å². The Bertz CT molecular complexity index is 990. The molecule has 0 aliphatic rings. The highest BCUT2D eigenvalue weighted by molar-refractivity contribution is 8.00. The van der Waals surface area contributed by atoms with Crippen molar-refractivity contribution < 1.29 is 14.1 Å². The standard InChI is InChI=1S/C15H13ClN6O4S/c1-8(14(23)18-11-5-4-9(22(24)25)7-10(11)16)27-15-20-19-13(21(15)17)12-3-2-6-26-12/h2-8H,17H2,1H3,(H,18,23). The molecular weight excluding hydrogens is 396 g/mol. The highest BCUT2D eigenvalue weighted by Gasteiger charge is 2.22. The highest BCUT2D eigenvalue weighted by atomic mass is 35.5. The van der Waals surface area contributed by atoms with Gasteiger partial charge >= 0.3 is 0 Å². The van der Waals surface area contributed by atoms with Crippen molar-refractivity contribution in [3.05, 3.63) is 51.7 Å². The molecule has 0 aliphatic heterocycles. The van der Waals surface area contributed by atoms with Gasteiger partial charge in [-0.2, -0.15) is 0 Å². The number of amides is 1. The van der Waals surface area contributed by atoms with Crippen LogP contribution in [0.2, 0.25) is 5.02 Å². The van der Waals surface area contributed by atoms with Gasteiger partial charge in [0.05, 0.1) is 27.1 Å². The number of nitro groups is 1. The number of hydrogen-bond donors (Lipinski definition) is 2. The summed E-state index contributed by atoms with van der Waals surface area (Å²) in [6.07, 6.45) is 1.49. The molecule has 2 heterocycles. The minimum Gasteiger partial charge on any atom is -0.461 e. The monoisotopic (exact) mass is 408 g/mol. The molecule has 0 bridgehead atoms. The maximum atomic E-state index is 12.4. The normalized spacial score (nSPS) is 11.9. The average Bonchev–Trinajstić information content (AvgIpc) is 3.27. The number of carbonyl (C=O) groups excluding carboxylic acids is 1. The van der Waals surface area contributed by atoms with Crippen molar-refractivity contribution in [1.82, 2.24) is 14.9 Å². The molecule has 10 nitrogen and oxygen atoms in total. The fourth-order valence-corrected chi connectivity index (χ4v) is 3.09. The molecule has 3 N–H and O–H groups in total. The Morgan fingerprint density at radius 1 is 1.44 bits per heavy atom. The molecule has 1 unspecified atom stereocenters. The van der Waals surface area contributed by atoms with Gasteiger partial charge in [-0.25, -0.2) is 4.68 Å². The quantitative estimate of drug-likeness (QED) is 0.274. The maximum Gasteiger partial charge on any atom is 0.271 e. The van der Waals surface area contributed by atoms with Crippen LogP contribution < -0.4 is 11.2 Å². The second kappa shape index (κ2) is 7.68. The zero-order valence-corrected chi connectivity index (χ0v) is 15.4. The number of non-ortho nitro benzene ring substituents is 1. The van der Waals surface area contributed by atoms with E-state index in [2.05, 4.69) is 15.5 Å². The first-order valence-corrected chi connectivity index (χ1v) is 8.78. The second-order valence-corrected chi connectivity index (χ2v) is 7.04. The number of hydrogen-bond acceptors (Lipinski definition) is 8. The summed E-state index contributed by atoms with van der Waals surface area (Å²) < 4.78 is 6.46. The lowest BCUT2D eigenvalue weighted by atomic mass is 10.2. The van der Waals surface area contributed by atoms with E-state index in [4.69, 9.17) is 21.9 Å². The van der Waals surface area contributed by atoms with Crippen LogP contribution in [0, 0.1) is 10.1 Å². The first-order chi connectivity index (χ1) is 12.9. The Hall–Kier alpha value is -3.05. The van der Waals surface area contributed by atoms with Gasteiger partial charge in [0.2, 0.25) is 16.9 Å². The van der Waals surface area contributed by atoms with Crippen molar-refractivity contribution in [3.8, 4) is 11.6 Å². The first kappa shape index (κ1) is 18.7. The molecule has 140 valence electrons. The molecule has 0 radical (unpaired) electrons. The lowest BCUT2D eigenvalue weighted by Crippen LogP contribution is -2.23. The van der Waals surface area contributed by atoms with Crippen LogP contribution in [0.4, 0.5) is 11.4 Å². The van der Waals surface area contributed by atoms with Gasteiger partial charge in [0.25, 0.3) is 5.69 Å². The Morgan fingerprint density at radius 3 is 2.85 bits per heavy atom. The molecule has 3 rings (SSSR count). The Labute approximate surface area is 161 Å². The van der Waals surface area contributed by atoms with Crippen molar-refractivity contribution in [2.24, 2.45) is 0 Å². The van der Waals surface area contributed by atoms with Crippen molar-refractivity contribution in [3.63, 3.8) is 0 Å². The largest absolute Gasteiger partial charge is 0.461 e. The van der Waals surface area contributed by atoms with Gasteiger partial charge in [-0.3, -0.25) is 14.9 Å². The van der Waals surface area contributed by atoms with E-state index < -0.39 is 10.2 Å². The molecule has 0 fully saturated rings. The van der Waals surface area contributed by atoms with Crippen molar-refractivity contribution in [1.29, 1.82) is 0 Å². The molecule has 12 heteroatoms. The molecule has 0 saturated carbocycles. The number of benzene rings is 1. The number of nitrogens with one attached hydrogen (secondary N) is 1. The molecule has 2 aromatic heterocycles. The Morgan fingerprint density at radius 2 is 2.22 bits per heavy atom. The zero-order valence-electron chi connectivity index (χ0n) is 13.8. The first-order valence-electron chi connectivity index (χ1n) is 7.52. The third-order valence-corrected chi connectivity index (χ3v) is 4.85. The van der Waals surface area contributed by atoms with Gasteiger partial charge < -0.3 is 15.6 Å². The lowest BCUT2D eigenvalue weighted by Gasteiger charge is -2.12. The van der Waals surface area contributed by atoms with E-state index in [1.807, 2.05) is 0 Å². The van der Waals surface area contributed by atoms with E-state index >= 15 is 0 Å². The minimum atomic E-state index is -0.591. The zero-order chi connectivity index (χ0) is 19.6. The fraction of sp³-hybridized carbons (Fsp3) is 0.133. The summed E-state index contributed by atoms with van der Waals surface area (Å²) in [7, 11) is 0. The van der Waals surface area contributed by atoms with E-state index in [0.29, 0.717) is 16.7 Å². The van der Waals surface area contributed by atoms with Crippen molar-refractivity contribution >= 4 is 40.6 Å². The van der Waals surface area contributed by atoms with Crippen LogP contribution in [-0.4, -0.2) is 31.0 Å². The number of halogens is 1. The van der Waals surface area contributed by atoms with E-state index in [0.717, 1.165) is 11.8 Å². The number of nitrogen functional groups attached to an aromatic ring is 1. The topological polar surface area (TPSA) is 142 Å². The minimum absolute atomic E-state index is 0.0665. The van der Waals surface area contributed by atoms with E-state index in [1.54, 1.807) is 19.1 Å². The van der Waals surface area contributed by atoms with Gasteiger partial charge in [-0.15, -0.1) is 10.2 Å². The maximum absolute atomic E-state index is 12.4. The van der Waals surface area contributed by atoms with Gasteiger partial charge in [0, 0.05) is 12.1 Å². The Balaban J connectivity index is 1.69. The highest BCUT2D eigenvalue weighted by Crippen LogP contribution is 2.29. The smallest absolute Gasteiger partial charge is 0.271 e. The van der Waals surface area contributed by atoms with Crippen LogP contribution >= 0.6 is 23.4 Å². The summed E-state index contributed by atoms with van der Waals surface area (Å²) in [5.41, 5.74) is 0.104. The van der Waals surface area contributed by atoms with Gasteiger partial charge in [-0.05, 0) is 25.1 Å². The third-order valence-electron chi connectivity index (χ3n) is 3.48. The second-order valence-electron chi connectivity index (χ2n) is 5.32. The predicted octanol–water partition coefficient (Wildman–Crippen LogP) is 2.93. The number of furan rings is 1. The fourth-order valence-electron chi connectivity index (χ4n) is 2.10. The number of thioether (sulfide) groups is 1. The van der Waals surface area contributed by atoms with Crippen LogP contribution in [-0.2, 0) is 4.79 Å². The van der Waals surface area contributed by atoms with E-state index in [1.165, 1.54) is 29.1 Å². The summed E-state index contributed by atoms with van der Waals surface area (Å²) in [6, 6.07) is 7.18. The molecule has 0 saturated heterocycles. The van der Waals surface area contributed by atoms with E-state index in [-0.39, 0.29) is 22.3 Å². The van der Waals surface area contributed by atoms with Gasteiger partial charge in [0.1, 0.15) is 0 Å². The molecule has 0 spiro atoms. The molecule has 1 amide bonds. The van der Waals surface area contributed by atoms with Crippen LogP contribution in [0.15, 0.2) is 46.2 Å². The van der Waals surface area contributed by atoms with E-state index in [9.17, 15) is 14.9 Å².